The van der Waals surface area contributed by atoms with E-state index in [-0.39, 0.29) is 22.4 Å². The summed E-state index contributed by atoms with van der Waals surface area (Å²) in [4.78, 5) is 36.1. The van der Waals surface area contributed by atoms with E-state index >= 15 is 0 Å². The number of halogens is 1. The molecular formula is C17H16ClN3O4S. The van der Waals surface area contributed by atoms with Crippen LogP contribution in [0.25, 0.3) is 0 Å². The second-order valence-electron chi connectivity index (χ2n) is 5.32. The predicted octanol–water partition coefficient (Wildman–Crippen LogP) is 4.48. The number of rotatable bonds is 5. The smallest absolute Gasteiger partial charge is 0.292 e. The van der Waals surface area contributed by atoms with Crippen molar-refractivity contribution in [3.05, 3.63) is 63.2 Å². The number of nitro benzene ring substituents is 1. The highest BCUT2D eigenvalue weighted by Gasteiger charge is 2.18. The van der Waals surface area contributed by atoms with Gasteiger partial charge in [-0.05, 0) is 30.7 Å². The summed E-state index contributed by atoms with van der Waals surface area (Å²) in [5.74, 6) is -0.677. The summed E-state index contributed by atoms with van der Waals surface area (Å²) < 4.78 is 0. The maximum atomic E-state index is 12.3. The molecule has 0 spiro atoms. The van der Waals surface area contributed by atoms with Gasteiger partial charge in [0.15, 0.2) is 0 Å². The van der Waals surface area contributed by atoms with Gasteiger partial charge in [0.1, 0.15) is 5.69 Å². The number of nitrogens with zero attached hydrogens (tertiary/aromatic N) is 2. The Labute approximate surface area is 159 Å². The first-order chi connectivity index (χ1) is 12.3. The largest absolute Gasteiger partial charge is 0.320 e. The molecule has 0 aliphatic rings. The molecule has 136 valence electrons. The van der Waals surface area contributed by atoms with Gasteiger partial charge in [0.2, 0.25) is 5.91 Å². The zero-order valence-corrected chi connectivity index (χ0v) is 15.6. The SMILES string of the molecule is Cc1c(Cl)cccc1N(C)C(=O)SCC(=O)Nc1ccccc1[N+](=O)[O-]. The van der Waals surface area contributed by atoms with Gasteiger partial charge in [-0.1, -0.05) is 41.6 Å². The van der Waals surface area contributed by atoms with Crippen molar-refractivity contribution in [3.63, 3.8) is 0 Å². The topological polar surface area (TPSA) is 92.6 Å². The molecule has 7 nitrogen and oxygen atoms in total. The van der Waals surface area contributed by atoms with Crippen LogP contribution in [0.2, 0.25) is 5.02 Å². The van der Waals surface area contributed by atoms with Crippen molar-refractivity contribution in [1.82, 2.24) is 0 Å². The van der Waals surface area contributed by atoms with Crippen LogP contribution in [0.5, 0.6) is 0 Å². The summed E-state index contributed by atoms with van der Waals surface area (Å²) in [5.41, 5.74) is 1.29. The van der Waals surface area contributed by atoms with Crippen molar-refractivity contribution in [2.75, 3.05) is 23.0 Å². The molecule has 0 heterocycles. The molecule has 0 saturated heterocycles. The molecule has 0 fully saturated rings. The number of nitro groups is 1. The summed E-state index contributed by atoms with van der Waals surface area (Å²) in [6.07, 6.45) is 0. The lowest BCUT2D eigenvalue weighted by Crippen LogP contribution is -2.25. The number of hydrogen-bond acceptors (Lipinski definition) is 5. The second-order valence-corrected chi connectivity index (χ2v) is 6.65. The number of nitrogens with one attached hydrogen (secondary N) is 1. The minimum Gasteiger partial charge on any atom is -0.320 e. The van der Waals surface area contributed by atoms with Gasteiger partial charge < -0.3 is 10.2 Å². The average molecular weight is 394 g/mol. The maximum Gasteiger partial charge on any atom is 0.292 e. The lowest BCUT2D eigenvalue weighted by Gasteiger charge is -2.19. The number of carbonyl (C=O) groups is 2. The second kappa shape index (κ2) is 8.68. The van der Waals surface area contributed by atoms with Crippen LogP contribution in [-0.2, 0) is 4.79 Å². The van der Waals surface area contributed by atoms with E-state index in [9.17, 15) is 19.7 Å². The molecule has 0 aliphatic carbocycles. The Morgan fingerprint density at radius 3 is 2.62 bits per heavy atom. The van der Waals surface area contributed by atoms with Crippen LogP contribution in [0, 0.1) is 17.0 Å². The number of thioether (sulfide) groups is 1. The molecule has 2 aromatic carbocycles. The van der Waals surface area contributed by atoms with Gasteiger partial charge in [0.25, 0.3) is 10.9 Å². The third-order valence-electron chi connectivity index (χ3n) is 3.58. The van der Waals surface area contributed by atoms with Crippen LogP contribution >= 0.6 is 23.4 Å². The molecule has 0 atom stereocenters. The van der Waals surface area contributed by atoms with Gasteiger partial charge in [0.05, 0.1) is 10.7 Å². The summed E-state index contributed by atoms with van der Waals surface area (Å²) in [7, 11) is 1.59. The Morgan fingerprint density at radius 1 is 1.23 bits per heavy atom. The van der Waals surface area contributed by atoms with Crippen molar-refractivity contribution in [3.8, 4) is 0 Å². The highest BCUT2D eigenvalue weighted by Crippen LogP contribution is 2.28. The van der Waals surface area contributed by atoms with Crippen molar-refractivity contribution < 1.29 is 14.5 Å². The summed E-state index contributed by atoms with van der Waals surface area (Å²) in [6, 6.07) is 11.0. The first-order valence-corrected chi connectivity index (χ1v) is 8.86. The number of anilines is 2. The zero-order valence-electron chi connectivity index (χ0n) is 14.1. The van der Waals surface area contributed by atoms with E-state index in [2.05, 4.69) is 5.32 Å². The lowest BCUT2D eigenvalue weighted by molar-refractivity contribution is -0.383. The number of carbonyl (C=O) groups excluding carboxylic acids is 2. The van der Waals surface area contributed by atoms with E-state index < -0.39 is 10.8 Å². The first-order valence-electron chi connectivity index (χ1n) is 7.50. The Hall–Kier alpha value is -2.58. The standard InChI is InChI=1S/C17H16ClN3O4S/c1-11-12(18)6-5-9-14(11)20(2)17(23)26-10-16(22)19-13-7-3-4-8-15(13)21(24)25/h3-9H,10H2,1-2H3,(H,19,22). The van der Waals surface area contributed by atoms with Crippen LogP contribution < -0.4 is 10.2 Å². The minimum atomic E-state index is -0.580. The van der Waals surface area contributed by atoms with Gasteiger partial charge in [-0.2, -0.15) is 0 Å². The predicted molar refractivity (Wildman–Crippen MR) is 104 cm³/mol. The molecular weight excluding hydrogens is 378 g/mol. The van der Waals surface area contributed by atoms with Crippen LogP contribution in [0.4, 0.5) is 21.9 Å². The van der Waals surface area contributed by atoms with Crippen LogP contribution in [0.15, 0.2) is 42.5 Å². The molecule has 26 heavy (non-hydrogen) atoms. The van der Waals surface area contributed by atoms with E-state index in [1.54, 1.807) is 38.2 Å². The quantitative estimate of drug-likeness (QED) is 0.597. The number of hydrogen-bond donors (Lipinski definition) is 1. The Bertz CT molecular complexity index is 860. The fourth-order valence-electron chi connectivity index (χ4n) is 2.21. The normalized spacial score (nSPS) is 10.3. The molecule has 2 rings (SSSR count). The molecule has 0 aliphatic heterocycles. The lowest BCUT2D eigenvalue weighted by atomic mass is 10.2. The summed E-state index contributed by atoms with van der Waals surface area (Å²) in [5, 5.41) is 13.6. The summed E-state index contributed by atoms with van der Waals surface area (Å²) >= 11 is 6.85. The van der Waals surface area contributed by atoms with E-state index in [1.807, 2.05) is 0 Å². The van der Waals surface area contributed by atoms with E-state index in [0.717, 1.165) is 17.3 Å². The Morgan fingerprint density at radius 2 is 1.92 bits per heavy atom. The zero-order chi connectivity index (χ0) is 19.3. The molecule has 0 aromatic heterocycles. The molecule has 0 unspecified atom stereocenters. The van der Waals surface area contributed by atoms with Crippen molar-refractivity contribution in [2.45, 2.75) is 6.92 Å². The molecule has 1 N–H and O–H groups in total. The fourth-order valence-corrected chi connectivity index (χ4v) is 3.00. The van der Waals surface area contributed by atoms with E-state index in [4.69, 9.17) is 11.6 Å². The number of para-hydroxylation sites is 2. The third kappa shape index (κ3) is 4.74. The maximum absolute atomic E-state index is 12.3. The van der Waals surface area contributed by atoms with Gasteiger partial charge in [0, 0.05) is 23.8 Å². The number of amides is 2. The highest BCUT2D eigenvalue weighted by molar-refractivity contribution is 8.14. The number of benzene rings is 2. The first kappa shape index (κ1) is 19.7. The van der Waals surface area contributed by atoms with Gasteiger partial charge in [-0.3, -0.25) is 19.7 Å². The highest BCUT2D eigenvalue weighted by atomic mass is 35.5. The van der Waals surface area contributed by atoms with Gasteiger partial charge in [-0.25, -0.2) is 0 Å². The fraction of sp³-hybridized carbons (Fsp3) is 0.176. The molecule has 9 heteroatoms. The molecule has 2 amide bonds. The van der Waals surface area contributed by atoms with Crippen molar-refractivity contribution in [2.24, 2.45) is 0 Å². The van der Waals surface area contributed by atoms with Crippen molar-refractivity contribution in [1.29, 1.82) is 0 Å². The minimum absolute atomic E-state index is 0.0922. The Kier molecular flexibility index (Phi) is 6.59. The van der Waals surface area contributed by atoms with Crippen LogP contribution in [-0.4, -0.2) is 28.9 Å². The molecule has 0 radical (unpaired) electrons. The molecule has 2 aromatic rings. The average Bonchev–Trinajstić information content (AvgIpc) is 2.61. The summed E-state index contributed by atoms with van der Waals surface area (Å²) in [6.45, 7) is 1.80. The van der Waals surface area contributed by atoms with Gasteiger partial charge >= 0.3 is 0 Å². The van der Waals surface area contributed by atoms with E-state index in [1.165, 1.54) is 23.1 Å². The van der Waals surface area contributed by atoms with Gasteiger partial charge in [-0.15, -0.1) is 0 Å². The Balaban J connectivity index is 1.98. The van der Waals surface area contributed by atoms with Crippen molar-refractivity contribution >= 4 is 51.6 Å². The monoisotopic (exact) mass is 393 g/mol. The van der Waals surface area contributed by atoms with Crippen LogP contribution in [0.3, 0.4) is 0 Å². The third-order valence-corrected chi connectivity index (χ3v) is 4.91. The van der Waals surface area contributed by atoms with E-state index in [0.29, 0.717) is 10.7 Å². The molecule has 0 saturated carbocycles. The van der Waals surface area contributed by atoms with Crippen LogP contribution in [0.1, 0.15) is 5.56 Å². The molecule has 0 bridgehead atoms.